The van der Waals surface area contributed by atoms with Crippen LogP contribution in [0.5, 0.6) is 0 Å². The Morgan fingerprint density at radius 2 is 1.67 bits per heavy atom. The van der Waals surface area contributed by atoms with E-state index >= 15 is 0 Å². The van der Waals surface area contributed by atoms with Gasteiger partial charge in [-0.1, -0.05) is 35.7 Å². The lowest BCUT2D eigenvalue weighted by Gasteiger charge is -2.25. The summed E-state index contributed by atoms with van der Waals surface area (Å²) in [5.74, 6) is 1.41. The third-order valence-electron chi connectivity index (χ3n) is 3.76. The summed E-state index contributed by atoms with van der Waals surface area (Å²) in [7, 11) is -3.11. The standard InChI is InChI=1S/C14H19BrO2S/c1-11-2-4-12(5-3-11)10-18(16,17)14-8-6-13(15)7-9-14/h6-9,11-12H,2-5,10H2,1H3. The number of halogens is 1. The van der Waals surface area contributed by atoms with Crippen LogP contribution >= 0.6 is 15.9 Å². The lowest BCUT2D eigenvalue weighted by atomic mass is 9.84. The quantitative estimate of drug-likeness (QED) is 0.837. The molecule has 0 atom stereocenters. The molecule has 0 unspecified atom stereocenters. The summed E-state index contributed by atoms with van der Waals surface area (Å²) in [5, 5.41) is 0. The first-order chi connectivity index (χ1) is 8.47. The van der Waals surface area contributed by atoms with Gasteiger partial charge < -0.3 is 0 Å². The largest absolute Gasteiger partial charge is 0.224 e. The van der Waals surface area contributed by atoms with Gasteiger partial charge in [0.1, 0.15) is 0 Å². The molecule has 1 aliphatic carbocycles. The zero-order valence-electron chi connectivity index (χ0n) is 10.6. The first-order valence-corrected chi connectivity index (χ1v) is 8.90. The number of sulfone groups is 1. The zero-order valence-corrected chi connectivity index (χ0v) is 13.0. The van der Waals surface area contributed by atoms with Gasteiger partial charge in [-0.2, -0.15) is 0 Å². The van der Waals surface area contributed by atoms with Gasteiger partial charge >= 0.3 is 0 Å². The summed E-state index contributed by atoms with van der Waals surface area (Å²) in [4.78, 5) is 0.448. The number of hydrogen-bond acceptors (Lipinski definition) is 2. The fourth-order valence-electron chi connectivity index (χ4n) is 2.54. The summed E-state index contributed by atoms with van der Waals surface area (Å²) in [6.07, 6.45) is 4.44. The van der Waals surface area contributed by atoms with E-state index in [4.69, 9.17) is 0 Å². The second kappa shape index (κ2) is 5.74. The third-order valence-corrected chi connectivity index (χ3v) is 6.19. The van der Waals surface area contributed by atoms with Crippen molar-refractivity contribution >= 4 is 25.8 Å². The van der Waals surface area contributed by atoms with E-state index in [0.717, 1.165) is 23.2 Å². The molecule has 0 aliphatic heterocycles. The van der Waals surface area contributed by atoms with E-state index in [9.17, 15) is 8.42 Å². The van der Waals surface area contributed by atoms with Crippen molar-refractivity contribution in [3.8, 4) is 0 Å². The minimum atomic E-state index is -3.11. The van der Waals surface area contributed by atoms with E-state index in [0.29, 0.717) is 16.6 Å². The summed E-state index contributed by atoms with van der Waals surface area (Å²) in [5.41, 5.74) is 0. The summed E-state index contributed by atoms with van der Waals surface area (Å²) in [6.45, 7) is 2.25. The highest BCUT2D eigenvalue weighted by Gasteiger charge is 2.24. The van der Waals surface area contributed by atoms with Crippen molar-refractivity contribution in [3.05, 3.63) is 28.7 Å². The molecular formula is C14H19BrO2S. The Bertz CT molecular complexity index is 485. The van der Waals surface area contributed by atoms with Gasteiger partial charge in [0.25, 0.3) is 0 Å². The van der Waals surface area contributed by atoms with E-state index in [1.807, 2.05) is 0 Å². The van der Waals surface area contributed by atoms with Crippen molar-refractivity contribution in [3.63, 3.8) is 0 Å². The highest BCUT2D eigenvalue weighted by Crippen LogP contribution is 2.30. The van der Waals surface area contributed by atoms with E-state index in [2.05, 4.69) is 22.9 Å². The Balaban J connectivity index is 2.05. The normalized spacial score (nSPS) is 25.0. The zero-order chi connectivity index (χ0) is 13.2. The lowest BCUT2D eigenvalue weighted by molar-refractivity contribution is 0.308. The molecule has 0 aromatic heterocycles. The van der Waals surface area contributed by atoms with Gasteiger partial charge in [-0.25, -0.2) is 8.42 Å². The highest BCUT2D eigenvalue weighted by atomic mass is 79.9. The van der Waals surface area contributed by atoms with Gasteiger partial charge in [0.2, 0.25) is 0 Å². The predicted molar refractivity (Wildman–Crippen MR) is 77.3 cm³/mol. The van der Waals surface area contributed by atoms with Crippen LogP contribution in [0.2, 0.25) is 0 Å². The van der Waals surface area contributed by atoms with E-state index in [1.54, 1.807) is 24.3 Å². The van der Waals surface area contributed by atoms with E-state index < -0.39 is 9.84 Å². The van der Waals surface area contributed by atoms with Crippen molar-refractivity contribution < 1.29 is 8.42 Å². The molecule has 0 radical (unpaired) electrons. The van der Waals surface area contributed by atoms with Crippen LogP contribution in [0.25, 0.3) is 0 Å². The average Bonchev–Trinajstić information content (AvgIpc) is 2.32. The Labute approximate surface area is 118 Å². The lowest BCUT2D eigenvalue weighted by Crippen LogP contribution is -2.21. The van der Waals surface area contributed by atoms with Crippen LogP contribution in [0.15, 0.2) is 33.6 Å². The highest BCUT2D eigenvalue weighted by molar-refractivity contribution is 9.10. The Kier molecular flexibility index (Phi) is 4.49. The fraction of sp³-hybridized carbons (Fsp3) is 0.571. The molecule has 1 aromatic rings. The number of hydrogen-bond donors (Lipinski definition) is 0. The van der Waals surface area contributed by atoms with Gasteiger partial charge in [0.05, 0.1) is 10.6 Å². The van der Waals surface area contributed by atoms with Gasteiger partial charge in [-0.05, 0) is 48.9 Å². The molecular weight excluding hydrogens is 312 g/mol. The fourth-order valence-corrected chi connectivity index (χ4v) is 4.51. The molecule has 0 saturated heterocycles. The summed E-state index contributed by atoms with van der Waals surface area (Å²) >= 11 is 3.32. The van der Waals surface area contributed by atoms with Crippen LogP contribution in [0.3, 0.4) is 0 Å². The van der Waals surface area contributed by atoms with Crippen LogP contribution in [0, 0.1) is 11.8 Å². The molecule has 2 nitrogen and oxygen atoms in total. The van der Waals surface area contributed by atoms with Crippen molar-refractivity contribution in [1.82, 2.24) is 0 Å². The third kappa shape index (κ3) is 3.58. The molecule has 1 saturated carbocycles. The first-order valence-electron chi connectivity index (χ1n) is 6.46. The maximum absolute atomic E-state index is 12.3. The Morgan fingerprint density at radius 3 is 2.22 bits per heavy atom. The minimum Gasteiger partial charge on any atom is -0.224 e. The summed E-state index contributed by atoms with van der Waals surface area (Å²) in [6, 6.07) is 6.95. The van der Waals surface area contributed by atoms with Crippen LogP contribution in [-0.4, -0.2) is 14.2 Å². The molecule has 0 N–H and O–H groups in total. The van der Waals surface area contributed by atoms with Crippen LogP contribution in [-0.2, 0) is 9.84 Å². The van der Waals surface area contributed by atoms with E-state index in [-0.39, 0.29) is 0 Å². The molecule has 100 valence electrons. The number of rotatable bonds is 3. The molecule has 4 heteroatoms. The SMILES string of the molecule is CC1CCC(CS(=O)(=O)c2ccc(Br)cc2)CC1. The maximum atomic E-state index is 12.3. The monoisotopic (exact) mass is 330 g/mol. The maximum Gasteiger partial charge on any atom is 0.178 e. The molecule has 1 aliphatic rings. The van der Waals surface area contributed by atoms with Crippen LogP contribution in [0.4, 0.5) is 0 Å². The molecule has 0 bridgehead atoms. The van der Waals surface area contributed by atoms with Crippen molar-refractivity contribution in [2.24, 2.45) is 11.8 Å². The van der Waals surface area contributed by atoms with Gasteiger partial charge in [-0.15, -0.1) is 0 Å². The molecule has 0 heterocycles. The number of benzene rings is 1. The Hall–Kier alpha value is -0.350. The summed E-state index contributed by atoms with van der Waals surface area (Å²) < 4.78 is 25.5. The topological polar surface area (TPSA) is 34.1 Å². The molecule has 1 aromatic carbocycles. The van der Waals surface area contributed by atoms with Crippen molar-refractivity contribution in [2.75, 3.05) is 5.75 Å². The molecule has 18 heavy (non-hydrogen) atoms. The van der Waals surface area contributed by atoms with Crippen molar-refractivity contribution in [2.45, 2.75) is 37.5 Å². The molecule has 2 rings (SSSR count). The smallest absolute Gasteiger partial charge is 0.178 e. The Morgan fingerprint density at radius 1 is 1.11 bits per heavy atom. The van der Waals surface area contributed by atoms with E-state index in [1.165, 1.54) is 12.8 Å². The van der Waals surface area contributed by atoms with Crippen LogP contribution in [0.1, 0.15) is 32.6 Å². The second-order valence-corrected chi connectivity index (χ2v) is 8.31. The van der Waals surface area contributed by atoms with Gasteiger partial charge in [-0.3, -0.25) is 0 Å². The molecule has 0 amide bonds. The average molecular weight is 331 g/mol. The predicted octanol–water partition coefficient (Wildman–Crippen LogP) is 4.05. The second-order valence-electron chi connectivity index (χ2n) is 5.36. The molecule has 0 spiro atoms. The first kappa shape index (κ1) is 14.1. The minimum absolute atomic E-state index is 0.307. The van der Waals surface area contributed by atoms with Gasteiger partial charge in [0, 0.05) is 4.47 Å². The molecule has 1 fully saturated rings. The van der Waals surface area contributed by atoms with Crippen molar-refractivity contribution in [1.29, 1.82) is 0 Å². The van der Waals surface area contributed by atoms with Gasteiger partial charge in [0.15, 0.2) is 9.84 Å². The van der Waals surface area contributed by atoms with Crippen LogP contribution < -0.4 is 0 Å².